The first-order valence-electron chi connectivity index (χ1n) is 4.26. The van der Waals surface area contributed by atoms with E-state index >= 15 is 0 Å². The highest BCUT2D eigenvalue weighted by atomic mass is 79.9. The molecule has 0 amide bonds. The van der Waals surface area contributed by atoms with Gasteiger partial charge in [-0.25, -0.2) is 4.68 Å². The van der Waals surface area contributed by atoms with Crippen molar-refractivity contribution in [1.29, 1.82) is 0 Å². The Hall–Kier alpha value is -1.17. The van der Waals surface area contributed by atoms with Crippen molar-refractivity contribution in [1.82, 2.24) is 20.0 Å². The summed E-state index contributed by atoms with van der Waals surface area (Å²) in [6.07, 6.45) is 0. The van der Waals surface area contributed by atoms with Gasteiger partial charge in [0.15, 0.2) is 10.3 Å². The molecule has 0 unspecified atom stereocenters. The number of halogens is 1. The van der Waals surface area contributed by atoms with E-state index in [0.717, 1.165) is 5.69 Å². The molecule has 0 atom stereocenters. The average molecular weight is 257 g/mol. The maximum atomic E-state index is 11.7. The third-order valence-corrected chi connectivity index (χ3v) is 2.64. The molecule has 0 aromatic carbocycles. The molecule has 5 nitrogen and oxygen atoms in total. The van der Waals surface area contributed by atoms with Crippen LogP contribution in [0.5, 0.6) is 0 Å². The number of aromatic nitrogens is 4. The van der Waals surface area contributed by atoms with Gasteiger partial charge in [-0.1, -0.05) is 0 Å². The summed E-state index contributed by atoms with van der Waals surface area (Å²) >= 11 is 3.09. The van der Waals surface area contributed by atoms with Crippen molar-refractivity contribution >= 4 is 27.0 Å². The molecule has 2 rings (SSSR count). The summed E-state index contributed by atoms with van der Waals surface area (Å²) in [6.45, 7) is 4.49. The van der Waals surface area contributed by atoms with Crippen LogP contribution in [0.4, 0.5) is 0 Å². The van der Waals surface area contributed by atoms with Gasteiger partial charge in [0.2, 0.25) is 5.43 Å². The fourth-order valence-electron chi connectivity index (χ4n) is 1.45. The molecule has 0 bridgehead atoms. The average Bonchev–Trinajstić information content (AvgIpc) is 2.49. The van der Waals surface area contributed by atoms with Crippen LogP contribution in [0.15, 0.2) is 9.40 Å². The predicted molar refractivity (Wildman–Crippen MR) is 56.3 cm³/mol. The minimum atomic E-state index is -0.115. The van der Waals surface area contributed by atoms with Crippen molar-refractivity contribution in [2.45, 2.75) is 20.4 Å². The topological polar surface area (TPSA) is 63.6 Å². The standard InChI is InChI=1S/C8H9BrN4O/c1-3-13-8-5(4(2)12-13)6(14)7(9)10-11-8/h3H2,1-2H3,(H,11,14). The Labute approximate surface area is 88.3 Å². The zero-order valence-corrected chi connectivity index (χ0v) is 9.42. The van der Waals surface area contributed by atoms with E-state index in [0.29, 0.717) is 22.2 Å². The first-order chi connectivity index (χ1) is 6.65. The third-order valence-electron chi connectivity index (χ3n) is 2.10. The van der Waals surface area contributed by atoms with Gasteiger partial charge >= 0.3 is 0 Å². The Kier molecular flexibility index (Phi) is 2.14. The Morgan fingerprint density at radius 1 is 1.57 bits per heavy atom. The molecule has 0 aliphatic carbocycles. The summed E-state index contributed by atoms with van der Waals surface area (Å²) < 4.78 is 2.02. The molecule has 0 saturated heterocycles. The van der Waals surface area contributed by atoms with Crippen molar-refractivity contribution in [2.24, 2.45) is 0 Å². The monoisotopic (exact) mass is 256 g/mol. The molecule has 0 spiro atoms. The summed E-state index contributed by atoms with van der Waals surface area (Å²) in [5.41, 5.74) is 1.29. The van der Waals surface area contributed by atoms with Crippen LogP contribution in [-0.2, 0) is 6.54 Å². The van der Waals surface area contributed by atoms with Gasteiger partial charge in [0.1, 0.15) is 0 Å². The second-order valence-electron chi connectivity index (χ2n) is 2.97. The molecule has 2 aromatic heterocycles. The lowest BCUT2D eigenvalue weighted by atomic mass is 10.3. The summed E-state index contributed by atoms with van der Waals surface area (Å²) in [4.78, 5) is 11.7. The van der Waals surface area contributed by atoms with Crippen LogP contribution >= 0.6 is 15.9 Å². The van der Waals surface area contributed by atoms with E-state index in [-0.39, 0.29) is 5.43 Å². The normalized spacial score (nSPS) is 11.1. The number of nitrogens with one attached hydrogen (secondary N) is 1. The molecule has 2 aromatic rings. The largest absolute Gasteiger partial charge is 0.286 e. The summed E-state index contributed by atoms with van der Waals surface area (Å²) in [5, 5.41) is 11.5. The van der Waals surface area contributed by atoms with E-state index in [1.165, 1.54) is 0 Å². The predicted octanol–water partition coefficient (Wildman–Crippen LogP) is 1.21. The van der Waals surface area contributed by atoms with Crippen LogP contribution < -0.4 is 5.43 Å². The van der Waals surface area contributed by atoms with Gasteiger partial charge in [-0.05, 0) is 29.8 Å². The molecule has 0 aliphatic heterocycles. The van der Waals surface area contributed by atoms with Gasteiger partial charge in [0.05, 0.1) is 11.1 Å². The number of hydrogen-bond acceptors (Lipinski definition) is 3. The Balaban J connectivity index is 2.97. The van der Waals surface area contributed by atoms with Crippen LogP contribution in [0.2, 0.25) is 0 Å². The van der Waals surface area contributed by atoms with Gasteiger partial charge in [-0.3, -0.25) is 9.89 Å². The van der Waals surface area contributed by atoms with Gasteiger partial charge < -0.3 is 0 Å². The molecule has 1 N–H and O–H groups in total. The quantitative estimate of drug-likeness (QED) is 0.835. The number of aromatic amines is 1. The Morgan fingerprint density at radius 2 is 2.29 bits per heavy atom. The fourth-order valence-corrected chi connectivity index (χ4v) is 1.74. The van der Waals surface area contributed by atoms with Gasteiger partial charge in [0, 0.05) is 6.54 Å². The van der Waals surface area contributed by atoms with Gasteiger partial charge in [-0.2, -0.15) is 10.2 Å². The van der Waals surface area contributed by atoms with Crippen molar-refractivity contribution in [2.75, 3.05) is 0 Å². The van der Waals surface area contributed by atoms with Gasteiger partial charge in [-0.15, -0.1) is 0 Å². The highest BCUT2D eigenvalue weighted by Gasteiger charge is 2.12. The zero-order valence-electron chi connectivity index (χ0n) is 7.83. The minimum absolute atomic E-state index is 0.115. The van der Waals surface area contributed by atoms with Crippen LogP contribution in [0.1, 0.15) is 12.6 Å². The lowest BCUT2D eigenvalue weighted by molar-refractivity contribution is 0.665. The van der Waals surface area contributed by atoms with Crippen molar-refractivity contribution in [3.8, 4) is 0 Å². The van der Waals surface area contributed by atoms with Crippen LogP contribution in [0, 0.1) is 6.92 Å². The van der Waals surface area contributed by atoms with E-state index in [9.17, 15) is 4.79 Å². The third kappa shape index (κ3) is 1.18. The molecule has 14 heavy (non-hydrogen) atoms. The molecule has 2 heterocycles. The number of aryl methyl sites for hydroxylation is 2. The van der Waals surface area contributed by atoms with E-state index in [1.807, 2.05) is 13.8 Å². The molecule has 6 heteroatoms. The number of fused-ring (bicyclic) bond motifs is 1. The van der Waals surface area contributed by atoms with Gasteiger partial charge in [0.25, 0.3) is 0 Å². The van der Waals surface area contributed by atoms with Crippen LogP contribution in [0.25, 0.3) is 11.0 Å². The summed E-state index contributed by atoms with van der Waals surface area (Å²) in [5.74, 6) is 0. The maximum absolute atomic E-state index is 11.7. The number of hydrogen-bond donors (Lipinski definition) is 1. The van der Waals surface area contributed by atoms with E-state index < -0.39 is 0 Å². The number of rotatable bonds is 1. The van der Waals surface area contributed by atoms with E-state index in [2.05, 4.69) is 31.2 Å². The molecule has 74 valence electrons. The highest BCUT2D eigenvalue weighted by Crippen LogP contribution is 2.12. The lowest BCUT2D eigenvalue weighted by Gasteiger charge is -1.96. The first kappa shape index (κ1) is 9.39. The van der Waals surface area contributed by atoms with Crippen LogP contribution in [-0.4, -0.2) is 20.0 Å². The molecular weight excluding hydrogens is 248 g/mol. The van der Waals surface area contributed by atoms with Crippen molar-refractivity contribution in [3.05, 3.63) is 20.5 Å². The SMILES string of the molecule is CCn1nc(C)c2c(=O)c(Br)n[nH]c21. The van der Waals surface area contributed by atoms with Crippen molar-refractivity contribution in [3.63, 3.8) is 0 Å². The fraction of sp³-hybridized carbons (Fsp3) is 0.375. The van der Waals surface area contributed by atoms with E-state index in [1.54, 1.807) is 4.68 Å². The van der Waals surface area contributed by atoms with E-state index in [4.69, 9.17) is 0 Å². The Morgan fingerprint density at radius 3 is 2.93 bits per heavy atom. The smallest absolute Gasteiger partial charge is 0.225 e. The summed E-state index contributed by atoms with van der Waals surface area (Å²) in [7, 11) is 0. The molecule has 0 saturated carbocycles. The highest BCUT2D eigenvalue weighted by molar-refractivity contribution is 9.10. The Bertz CT molecular complexity index is 542. The number of nitrogens with zero attached hydrogens (tertiary/aromatic N) is 3. The molecule has 0 fully saturated rings. The van der Waals surface area contributed by atoms with Crippen molar-refractivity contribution < 1.29 is 0 Å². The molecular formula is C8H9BrN4O. The lowest BCUT2D eigenvalue weighted by Crippen LogP contribution is -2.08. The molecule has 0 aliphatic rings. The summed E-state index contributed by atoms with van der Waals surface area (Å²) in [6, 6.07) is 0. The minimum Gasteiger partial charge on any atom is -0.286 e. The zero-order chi connectivity index (χ0) is 10.3. The second kappa shape index (κ2) is 3.20. The number of H-pyrrole nitrogens is 1. The molecule has 0 radical (unpaired) electrons. The van der Waals surface area contributed by atoms with Crippen LogP contribution in [0.3, 0.4) is 0 Å². The second-order valence-corrected chi connectivity index (χ2v) is 3.72. The first-order valence-corrected chi connectivity index (χ1v) is 5.05. The maximum Gasteiger partial charge on any atom is 0.225 e.